The second-order valence-electron chi connectivity index (χ2n) is 8.29. The summed E-state index contributed by atoms with van der Waals surface area (Å²) in [5.41, 5.74) is 0.371. The molecule has 0 unspecified atom stereocenters. The smallest absolute Gasteiger partial charge is 0.310 e. The highest BCUT2D eigenvalue weighted by atomic mass is 16.5. The van der Waals surface area contributed by atoms with Gasteiger partial charge >= 0.3 is 5.97 Å². The molecule has 196 valence electrons. The lowest BCUT2D eigenvalue weighted by Crippen LogP contribution is -2.43. The van der Waals surface area contributed by atoms with E-state index in [9.17, 15) is 14.4 Å². The molecule has 1 aromatic carbocycles. The minimum atomic E-state index is -0.410. The third kappa shape index (κ3) is 7.27. The number of carbonyl (C=O) groups is 2. The van der Waals surface area contributed by atoms with Crippen LogP contribution in [0, 0.1) is 5.92 Å². The highest BCUT2D eigenvalue weighted by Crippen LogP contribution is 2.31. The van der Waals surface area contributed by atoms with Gasteiger partial charge in [-0.3, -0.25) is 14.4 Å². The molecule has 36 heavy (non-hydrogen) atoms. The van der Waals surface area contributed by atoms with Crippen molar-refractivity contribution in [1.29, 1.82) is 0 Å². The van der Waals surface area contributed by atoms with Crippen LogP contribution in [-0.4, -0.2) is 78.6 Å². The molecular formula is C25H34N4O7. The highest BCUT2D eigenvalue weighted by molar-refractivity contribution is 5.78. The molecule has 1 aliphatic rings. The summed E-state index contributed by atoms with van der Waals surface area (Å²) < 4.78 is 21.4. The molecule has 1 saturated heterocycles. The predicted octanol–water partition coefficient (Wildman–Crippen LogP) is 1.99. The fraction of sp³-hybridized carbons (Fsp3) is 0.560. The summed E-state index contributed by atoms with van der Waals surface area (Å²) in [7, 11) is 1.53. The maximum atomic E-state index is 12.7. The second kappa shape index (κ2) is 13.6. The first kappa shape index (κ1) is 27.1. The average Bonchev–Trinajstić information content (AvgIpc) is 2.90. The van der Waals surface area contributed by atoms with Crippen LogP contribution in [-0.2, 0) is 25.5 Å². The number of hydrogen-bond acceptors (Lipinski definition) is 9. The molecule has 0 saturated carbocycles. The number of H-pyrrole nitrogens is 1. The van der Waals surface area contributed by atoms with E-state index in [-0.39, 0.29) is 42.2 Å². The maximum absolute atomic E-state index is 12.7. The van der Waals surface area contributed by atoms with Crippen LogP contribution in [0.25, 0.3) is 11.4 Å². The fourth-order valence-corrected chi connectivity index (χ4v) is 3.98. The van der Waals surface area contributed by atoms with Crippen LogP contribution >= 0.6 is 0 Å². The fourth-order valence-electron chi connectivity index (χ4n) is 3.98. The minimum Gasteiger partial charge on any atom is -0.493 e. The van der Waals surface area contributed by atoms with E-state index in [4.69, 9.17) is 18.9 Å². The molecule has 0 bridgehead atoms. The van der Waals surface area contributed by atoms with E-state index in [0.717, 1.165) is 6.42 Å². The topological polar surface area (TPSA) is 133 Å². The Hall–Kier alpha value is -3.47. The number of rotatable bonds is 12. The molecule has 1 fully saturated rings. The van der Waals surface area contributed by atoms with Gasteiger partial charge < -0.3 is 28.8 Å². The SMILES string of the molecule is CCOCCOc1ccc(-c2nnc(CCC(=O)N3CCC[C@H](C(=O)OCC)C3)c(=O)[nH]2)cc1OC. The number of amides is 1. The Morgan fingerprint density at radius 1 is 1.14 bits per heavy atom. The van der Waals surface area contributed by atoms with E-state index < -0.39 is 5.56 Å². The van der Waals surface area contributed by atoms with Crippen LogP contribution in [0.5, 0.6) is 11.5 Å². The van der Waals surface area contributed by atoms with Gasteiger partial charge in [-0.1, -0.05) is 0 Å². The van der Waals surface area contributed by atoms with Crippen molar-refractivity contribution in [3.63, 3.8) is 0 Å². The van der Waals surface area contributed by atoms with Crippen molar-refractivity contribution in [1.82, 2.24) is 20.1 Å². The number of ether oxygens (including phenoxy) is 4. The molecule has 11 nitrogen and oxygen atoms in total. The van der Waals surface area contributed by atoms with E-state index in [1.165, 1.54) is 7.11 Å². The van der Waals surface area contributed by atoms with Gasteiger partial charge in [0.1, 0.15) is 12.3 Å². The molecule has 0 spiro atoms. The number of nitrogens with one attached hydrogen (secondary N) is 1. The lowest BCUT2D eigenvalue weighted by Gasteiger charge is -2.31. The zero-order valence-corrected chi connectivity index (χ0v) is 21.1. The Morgan fingerprint density at radius 3 is 2.69 bits per heavy atom. The number of carbonyl (C=O) groups excluding carboxylic acids is 2. The molecule has 11 heteroatoms. The number of methoxy groups -OCH3 is 1. The molecule has 1 N–H and O–H groups in total. The zero-order chi connectivity index (χ0) is 25.9. The number of piperidine rings is 1. The van der Waals surface area contributed by atoms with Crippen LogP contribution in [0.15, 0.2) is 23.0 Å². The quantitative estimate of drug-likeness (QED) is 0.342. The van der Waals surface area contributed by atoms with E-state index in [2.05, 4.69) is 15.2 Å². The van der Waals surface area contributed by atoms with Gasteiger partial charge in [-0.15, -0.1) is 10.2 Å². The van der Waals surface area contributed by atoms with Gasteiger partial charge in [0.2, 0.25) is 5.91 Å². The van der Waals surface area contributed by atoms with Gasteiger partial charge in [0.15, 0.2) is 17.3 Å². The predicted molar refractivity (Wildman–Crippen MR) is 131 cm³/mol. The molecule has 1 aliphatic heterocycles. The Labute approximate surface area is 210 Å². The molecule has 2 heterocycles. The largest absolute Gasteiger partial charge is 0.493 e. The normalized spacial score (nSPS) is 15.4. The summed E-state index contributed by atoms with van der Waals surface area (Å²) in [6, 6.07) is 5.18. The first-order chi connectivity index (χ1) is 17.5. The first-order valence-electron chi connectivity index (χ1n) is 12.3. The summed E-state index contributed by atoms with van der Waals surface area (Å²) in [5, 5.41) is 8.20. The van der Waals surface area contributed by atoms with Gasteiger partial charge in [-0.2, -0.15) is 0 Å². The third-order valence-corrected chi connectivity index (χ3v) is 5.86. The van der Waals surface area contributed by atoms with Crippen LogP contribution in [0.1, 0.15) is 38.8 Å². The number of likely N-dealkylation sites (tertiary alicyclic amines) is 1. The number of aromatic amines is 1. The molecule has 1 aromatic heterocycles. The number of aryl methyl sites for hydroxylation is 1. The van der Waals surface area contributed by atoms with Crippen molar-refractivity contribution in [2.24, 2.45) is 5.92 Å². The second-order valence-corrected chi connectivity index (χ2v) is 8.29. The summed E-state index contributed by atoms with van der Waals surface area (Å²) in [4.78, 5) is 41.7. The molecule has 3 rings (SSSR count). The van der Waals surface area contributed by atoms with Crippen LogP contribution in [0.3, 0.4) is 0 Å². The van der Waals surface area contributed by atoms with E-state index in [1.807, 2.05) is 6.92 Å². The zero-order valence-electron chi connectivity index (χ0n) is 21.1. The maximum Gasteiger partial charge on any atom is 0.310 e. The number of aromatic nitrogens is 3. The summed E-state index contributed by atoms with van der Waals surface area (Å²) in [5.74, 6) is 0.623. The van der Waals surface area contributed by atoms with Gasteiger partial charge in [-0.05, 0) is 44.9 Å². The van der Waals surface area contributed by atoms with Crippen molar-refractivity contribution in [3.05, 3.63) is 34.2 Å². The van der Waals surface area contributed by atoms with Gasteiger partial charge in [0, 0.05) is 38.1 Å². The highest BCUT2D eigenvalue weighted by Gasteiger charge is 2.29. The summed E-state index contributed by atoms with van der Waals surface area (Å²) in [6.45, 7) is 6.39. The summed E-state index contributed by atoms with van der Waals surface area (Å²) >= 11 is 0. The number of esters is 1. The standard InChI is InChI=1S/C25H34N4O7/c1-4-34-13-14-36-20-10-8-17(15-21(20)33-3)23-26-24(31)19(27-28-23)9-11-22(30)29-12-6-7-18(16-29)25(32)35-5-2/h8,10,15,18H,4-7,9,11-14,16H2,1-3H3,(H,26,28,31)/t18-/m0/s1. The third-order valence-electron chi connectivity index (χ3n) is 5.86. The van der Waals surface area contributed by atoms with Crippen molar-refractivity contribution in [3.8, 4) is 22.9 Å². The molecule has 1 amide bonds. The van der Waals surface area contributed by atoms with Crippen LogP contribution < -0.4 is 15.0 Å². The molecular weight excluding hydrogens is 468 g/mol. The van der Waals surface area contributed by atoms with E-state index >= 15 is 0 Å². The Morgan fingerprint density at radius 2 is 1.97 bits per heavy atom. The lowest BCUT2D eigenvalue weighted by atomic mass is 9.98. The van der Waals surface area contributed by atoms with Crippen molar-refractivity contribution in [2.45, 2.75) is 39.5 Å². The lowest BCUT2D eigenvalue weighted by molar-refractivity contribution is -0.151. The Kier molecular flexibility index (Phi) is 10.2. The van der Waals surface area contributed by atoms with Gasteiger partial charge in [0.25, 0.3) is 5.56 Å². The first-order valence-corrected chi connectivity index (χ1v) is 12.3. The number of hydrogen-bond donors (Lipinski definition) is 1. The average molecular weight is 503 g/mol. The Bertz CT molecular complexity index is 1090. The molecule has 0 radical (unpaired) electrons. The Balaban J connectivity index is 1.60. The van der Waals surface area contributed by atoms with Gasteiger partial charge in [0.05, 0.1) is 26.2 Å². The minimum absolute atomic E-state index is 0.105. The number of nitrogens with zero attached hydrogens (tertiary/aromatic N) is 3. The van der Waals surface area contributed by atoms with E-state index in [1.54, 1.807) is 30.0 Å². The summed E-state index contributed by atoms with van der Waals surface area (Å²) in [6.07, 6.45) is 1.71. The molecule has 1 atom stereocenters. The van der Waals surface area contributed by atoms with Crippen LogP contribution in [0.4, 0.5) is 0 Å². The van der Waals surface area contributed by atoms with Crippen molar-refractivity contribution < 1.29 is 28.5 Å². The van der Waals surface area contributed by atoms with Crippen molar-refractivity contribution >= 4 is 11.9 Å². The monoisotopic (exact) mass is 502 g/mol. The van der Waals surface area contributed by atoms with Crippen LogP contribution in [0.2, 0.25) is 0 Å². The van der Waals surface area contributed by atoms with Crippen molar-refractivity contribution in [2.75, 3.05) is 46.6 Å². The molecule has 2 aromatic rings. The molecule has 0 aliphatic carbocycles. The van der Waals surface area contributed by atoms with Gasteiger partial charge in [-0.25, -0.2) is 0 Å². The number of benzene rings is 1. The van der Waals surface area contributed by atoms with E-state index in [0.29, 0.717) is 63.0 Å².